The Morgan fingerprint density at radius 3 is 2.29 bits per heavy atom. The summed E-state index contributed by atoms with van der Waals surface area (Å²) < 4.78 is 0. The molecule has 3 aromatic carbocycles. The summed E-state index contributed by atoms with van der Waals surface area (Å²) in [5.74, 6) is 1.12. The van der Waals surface area contributed by atoms with Crippen molar-refractivity contribution in [3.05, 3.63) is 102 Å². The monoisotopic (exact) mass is 753 g/mol. The van der Waals surface area contributed by atoms with Crippen LogP contribution in [0.5, 0.6) is 5.75 Å². The van der Waals surface area contributed by atoms with Gasteiger partial charge >= 0.3 is 0 Å². The van der Waals surface area contributed by atoms with E-state index in [1.807, 2.05) is 24.3 Å². The van der Waals surface area contributed by atoms with Crippen LogP contribution in [0.25, 0.3) is 11.3 Å². The highest BCUT2D eigenvalue weighted by Crippen LogP contribution is 2.42. The average Bonchev–Trinajstić information content (AvgIpc) is 3.23. The number of likely N-dealkylation sites (tertiary alicyclic amines) is 2. The second kappa shape index (κ2) is 15.3. The Kier molecular flexibility index (Phi) is 9.95. The average molecular weight is 754 g/mol. The van der Waals surface area contributed by atoms with E-state index in [2.05, 4.69) is 83.6 Å². The quantitative estimate of drug-likeness (QED) is 0.229. The first-order valence-corrected chi connectivity index (χ1v) is 20.5. The Morgan fingerprint density at radius 2 is 1.54 bits per heavy atom. The van der Waals surface area contributed by atoms with Crippen LogP contribution in [-0.4, -0.2) is 101 Å². The minimum Gasteiger partial charge on any atom is -0.507 e. The smallest absolute Gasteiger partial charge is 0.234 e. The molecule has 5 aliphatic rings. The number of fused-ring (bicyclic) bond motifs is 1. The fourth-order valence-corrected chi connectivity index (χ4v) is 10.1. The Labute approximate surface area is 328 Å². The summed E-state index contributed by atoms with van der Waals surface area (Å²) in [7, 11) is 0. The number of phenols is 1. The van der Waals surface area contributed by atoms with Crippen LogP contribution in [0.2, 0.25) is 0 Å². The number of hydrogen-bond donors (Lipinski definition) is 2. The number of phenolic OH excluding ortho intramolecular Hbond substituents is 1. The molecule has 0 spiro atoms. The number of amides is 3. The third kappa shape index (κ3) is 7.02. The van der Waals surface area contributed by atoms with E-state index in [1.54, 1.807) is 18.3 Å². The predicted octanol–water partition coefficient (Wildman–Crippen LogP) is 5.36. The summed E-state index contributed by atoms with van der Waals surface area (Å²) >= 11 is 0. The third-order valence-corrected chi connectivity index (χ3v) is 13.5. The van der Waals surface area contributed by atoms with E-state index in [-0.39, 0.29) is 29.4 Å². The van der Waals surface area contributed by atoms with Crippen molar-refractivity contribution in [1.29, 1.82) is 0 Å². The summed E-state index contributed by atoms with van der Waals surface area (Å²) in [5.41, 5.74) is 4.94. The zero-order chi connectivity index (χ0) is 38.2. The number of nitrogens with one attached hydrogen (secondary N) is 1. The van der Waals surface area contributed by atoms with Gasteiger partial charge in [0.05, 0.1) is 28.9 Å². The van der Waals surface area contributed by atoms with Crippen LogP contribution in [0.4, 0.5) is 11.4 Å². The highest BCUT2D eigenvalue weighted by molar-refractivity contribution is 6.01. The van der Waals surface area contributed by atoms with Crippen molar-refractivity contribution in [2.45, 2.75) is 62.3 Å². The summed E-state index contributed by atoms with van der Waals surface area (Å²) in [6, 6.07) is 28.4. The standard InChI is InChI=1S/C45H51N7O4/c53-41-9-5-4-8-38(41)39-26-36(27-46-48-39)50-24-19-45(20-25-50,34-6-2-1-3-7-34)44(56)51-23-18-33-29-52(40(33)30-51)28-31-16-21-49(22-17-31)35-12-10-32(11-13-35)37-14-15-42(54)47-43(37)55/h1-13,26-27,31,33,37,40,53H,14-25,28-30H2,(H,47,54,55)/t33?,37-,40?/m1/s1. The van der Waals surface area contributed by atoms with Gasteiger partial charge in [-0.1, -0.05) is 54.6 Å². The van der Waals surface area contributed by atoms with E-state index in [1.165, 1.54) is 5.69 Å². The van der Waals surface area contributed by atoms with Crippen molar-refractivity contribution >= 4 is 29.1 Å². The Bertz CT molecular complexity index is 2060. The normalized spacial score (nSPS) is 24.3. The zero-order valence-electron chi connectivity index (χ0n) is 31.9. The van der Waals surface area contributed by atoms with Crippen LogP contribution in [0.1, 0.15) is 62.0 Å². The van der Waals surface area contributed by atoms with Gasteiger partial charge in [-0.15, -0.1) is 0 Å². The third-order valence-electron chi connectivity index (χ3n) is 13.5. The predicted molar refractivity (Wildman–Crippen MR) is 215 cm³/mol. The van der Waals surface area contributed by atoms with E-state index in [0.29, 0.717) is 42.0 Å². The molecular formula is C45H51N7O4. The number of anilines is 2. The van der Waals surface area contributed by atoms with Crippen molar-refractivity contribution < 1.29 is 19.5 Å². The van der Waals surface area contributed by atoms with E-state index in [9.17, 15) is 19.5 Å². The van der Waals surface area contributed by atoms with Gasteiger partial charge in [0.25, 0.3) is 0 Å². The first-order chi connectivity index (χ1) is 27.3. The minimum absolute atomic E-state index is 0.179. The van der Waals surface area contributed by atoms with Gasteiger partial charge in [-0.2, -0.15) is 10.2 Å². The number of piperidine rings is 4. The highest BCUT2D eigenvalue weighted by atomic mass is 16.3. The van der Waals surface area contributed by atoms with Crippen LogP contribution in [0.3, 0.4) is 0 Å². The molecule has 5 fully saturated rings. The SMILES string of the molecule is O=C1CC[C@H](c2ccc(N3CCC(CN4CC5CCN(C(=O)C6(c7ccccc7)CCN(c7cnnc(-c8ccccc8O)c7)CC6)CC54)CC3)cc2)C(=O)N1. The van der Waals surface area contributed by atoms with Gasteiger partial charge in [0.1, 0.15) is 5.75 Å². The van der Waals surface area contributed by atoms with Gasteiger partial charge in [-0.3, -0.25) is 24.6 Å². The van der Waals surface area contributed by atoms with Crippen LogP contribution >= 0.6 is 0 Å². The largest absolute Gasteiger partial charge is 0.507 e. The van der Waals surface area contributed by atoms with E-state index >= 15 is 0 Å². The molecule has 0 saturated carbocycles. The molecule has 1 aromatic heterocycles. The maximum Gasteiger partial charge on any atom is 0.234 e. The van der Waals surface area contributed by atoms with Crippen LogP contribution in [0.15, 0.2) is 91.1 Å². The lowest BCUT2D eigenvalue weighted by Gasteiger charge is -2.56. The molecule has 56 heavy (non-hydrogen) atoms. The number of benzene rings is 3. The molecule has 4 aromatic rings. The number of carbonyl (C=O) groups is 3. The van der Waals surface area contributed by atoms with Crippen LogP contribution in [-0.2, 0) is 19.8 Å². The minimum atomic E-state index is -0.576. The van der Waals surface area contributed by atoms with E-state index < -0.39 is 5.41 Å². The van der Waals surface area contributed by atoms with Gasteiger partial charge in [0.15, 0.2) is 0 Å². The lowest BCUT2D eigenvalue weighted by molar-refractivity contribution is -0.146. The molecule has 11 heteroatoms. The van der Waals surface area contributed by atoms with Crippen LogP contribution < -0.4 is 15.1 Å². The van der Waals surface area contributed by atoms with Gasteiger partial charge < -0.3 is 19.8 Å². The van der Waals surface area contributed by atoms with Gasteiger partial charge in [0, 0.05) is 76.1 Å². The fourth-order valence-electron chi connectivity index (χ4n) is 10.1. The van der Waals surface area contributed by atoms with Crippen molar-refractivity contribution in [2.24, 2.45) is 11.8 Å². The molecule has 2 N–H and O–H groups in total. The Hall–Kier alpha value is -5.29. The zero-order valence-corrected chi connectivity index (χ0v) is 31.9. The number of carbonyl (C=O) groups excluding carboxylic acids is 3. The lowest BCUT2D eigenvalue weighted by Crippen LogP contribution is -2.67. The first-order valence-electron chi connectivity index (χ1n) is 20.5. The summed E-state index contributed by atoms with van der Waals surface area (Å²) in [6.45, 7) is 7.32. The molecule has 0 aliphatic carbocycles. The number of imide groups is 1. The second-order valence-corrected chi connectivity index (χ2v) is 16.6. The highest BCUT2D eigenvalue weighted by Gasteiger charge is 2.50. The molecule has 6 heterocycles. The summed E-state index contributed by atoms with van der Waals surface area (Å²) in [6.07, 6.45) is 7.52. The molecule has 9 rings (SSSR count). The van der Waals surface area contributed by atoms with Crippen molar-refractivity contribution in [1.82, 2.24) is 25.3 Å². The molecule has 0 bridgehead atoms. The van der Waals surface area contributed by atoms with Crippen molar-refractivity contribution in [3.63, 3.8) is 0 Å². The molecular weight excluding hydrogens is 703 g/mol. The molecule has 2 unspecified atom stereocenters. The van der Waals surface area contributed by atoms with Gasteiger partial charge in [-0.05, 0) is 91.8 Å². The second-order valence-electron chi connectivity index (χ2n) is 16.6. The maximum atomic E-state index is 14.9. The van der Waals surface area contributed by atoms with Crippen molar-refractivity contribution in [3.8, 4) is 17.0 Å². The summed E-state index contributed by atoms with van der Waals surface area (Å²) in [4.78, 5) is 48.4. The maximum absolute atomic E-state index is 14.9. The number of aromatic hydroxyl groups is 1. The van der Waals surface area contributed by atoms with Crippen LogP contribution in [0, 0.1) is 11.8 Å². The number of hydrogen-bond acceptors (Lipinski definition) is 9. The molecule has 3 amide bonds. The fraction of sp³-hybridized carbons (Fsp3) is 0.444. The molecule has 5 saturated heterocycles. The lowest BCUT2D eigenvalue weighted by atomic mass is 9.70. The topological polar surface area (TPSA) is 122 Å². The first kappa shape index (κ1) is 36.4. The molecule has 290 valence electrons. The Balaban J connectivity index is 0.817. The number of nitrogens with zero attached hydrogens (tertiary/aromatic N) is 6. The van der Waals surface area contributed by atoms with Crippen molar-refractivity contribution in [2.75, 3.05) is 62.2 Å². The Morgan fingerprint density at radius 1 is 0.804 bits per heavy atom. The summed E-state index contributed by atoms with van der Waals surface area (Å²) in [5, 5.41) is 21.5. The molecule has 11 nitrogen and oxygen atoms in total. The number of rotatable bonds is 8. The molecule has 3 atom stereocenters. The molecule has 0 radical (unpaired) electrons. The van der Waals surface area contributed by atoms with E-state index in [4.69, 9.17) is 0 Å². The van der Waals surface area contributed by atoms with Gasteiger partial charge in [-0.25, -0.2) is 0 Å². The van der Waals surface area contributed by atoms with E-state index in [0.717, 1.165) is 101 Å². The number of aromatic nitrogens is 2. The number of para-hydroxylation sites is 1. The van der Waals surface area contributed by atoms with Gasteiger partial charge in [0.2, 0.25) is 17.7 Å². The molecule has 5 aliphatic heterocycles.